The quantitative estimate of drug-likeness (QED) is 0.591. The van der Waals surface area contributed by atoms with Gasteiger partial charge in [0.25, 0.3) is 5.56 Å². The number of carbonyl (C=O) groups is 1. The van der Waals surface area contributed by atoms with Crippen LogP contribution in [-0.4, -0.2) is 46.9 Å². The molecular weight excluding hydrogens is 388 g/mol. The Labute approximate surface area is 173 Å². The maximum atomic E-state index is 12.1. The fourth-order valence-electron chi connectivity index (χ4n) is 3.16. The number of nitrogens with one attached hydrogen (secondary N) is 2. The van der Waals surface area contributed by atoms with Crippen molar-refractivity contribution in [2.45, 2.75) is 38.3 Å². The fraction of sp³-hybridized carbons (Fsp3) is 0.381. The van der Waals surface area contributed by atoms with Crippen molar-refractivity contribution in [3.05, 3.63) is 74.6 Å². The predicted molar refractivity (Wildman–Crippen MR) is 112 cm³/mol. The Morgan fingerprint density at radius 2 is 2.03 bits per heavy atom. The highest BCUT2D eigenvalue weighted by molar-refractivity contribution is 5.87. The first-order chi connectivity index (χ1) is 14.2. The van der Waals surface area contributed by atoms with Gasteiger partial charge < -0.3 is 20.1 Å². The summed E-state index contributed by atoms with van der Waals surface area (Å²) < 4.78 is 6.94. The van der Waals surface area contributed by atoms with Gasteiger partial charge >= 0.3 is 5.69 Å². The Bertz CT molecular complexity index is 1040. The normalized spacial score (nSPS) is 21.1. The Morgan fingerprint density at radius 1 is 1.33 bits per heavy atom. The van der Waals surface area contributed by atoms with Gasteiger partial charge in [0.1, 0.15) is 12.3 Å². The number of aryl methyl sites for hydroxylation is 1. The Kier molecular flexibility index (Phi) is 6.53. The molecule has 0 unspecified atom stereocenters. The van der Waals surface area contributed by atoms with Crippen molar-refractivity contribution >= 4 is 11.6 Å². The van der Waals surface area contributed by atoms with E-state index in [1.165, 1.54) is 22.9 Å². The summed E-state index contributed by atoms with van der Waals surface area (Å²) in [7, 11) is 3.92. The van der Waals surface area contributed by atoms with Gasteiger partial charge in [-0.25, -0.2) is 4.79 Å². The number of aliphatic hydroxyl groups excluding tert-OH is 1. The van der Waals surface area contributed by atoms with Crippen LogP contribution in [-0.2, 0) is 16.1 Å². The third-order valence-electron chi connectivity index (χ3n) is 4.95. The van der Waals surface area contributed by atoms with Crippen LogP contribution in [0.4, 0.5) is 5.69 Å². The van der Waals surface area contributed by atoms with Gasteiger partial charge in [-0.2, -0.15) is 0 Å². The van der Waals surface area contributed by atoms with Crippen LogP contribution < -0.4 is 21.5 Å². The second kappa shape index (κ2) is 9.10. The largest absolute Gasteiger partial charge is 0.390 e. The SMILES string of the molecule is Cc1cn([C@H]2C[C@H](O)[C@@H](/C=C/C(=O)NCc3ccc(N(C)C)cc3)O2)c(=O)[nH]c1=O. The third-order valence-corrected chi connectivity index (χ3v) is 4.95. The van der Waals surface area contributed by atoms with Crippen molar-refractivity contribution in [3.8, 4) is 0 Å². The van der Waals surface area contributed by atoms with Gasteiger partial charge in [-0.1, -0.05) is 12.1 Å². The van der Waals surface area contributed by atoms with E-state index in [9.17, 15) is 19.5 Å². The standard InChI is InChI=1S/C21H26N4O5/c1-13-12-25(21(29)23-20(13)28)19-10-16(26)17(30-19)8-9-18(27)22-11-14-4-6-15(7-5-14)24(2)3/h4-9,12,16-17,19,26H,10-11H2,1-3H3,(H,22,27)(H,23,28,29)/b9-8+/t16-,17+,19+/m0/s1. The number of nitrogens with zero attached hydrogens (tertiary/aromatic N) is 2. The number of hydrogen-bond acceptors (Lipinski definition) is 6. The second-order valence-electron chi connectivity index (χ2n) is 7.47. The summed E-state index contributed by atoms with van der Waals surface area (Å²) in [6.45, 7) is 1.95. The maximum absolute atomic E-state index is 12.1. The molecule has 1 saturated heterocycles. The van der Waals surface area contributed by atoms with Crippen LogP contribution >= 0.6 is 0 Å². The second-order valence-corrected chi connectivity index (χ2v) is 7.47. The summed E-state index contributed by atoms with van der Waals surface area (Å²) >= 11 is 0. The highest BCUT2D eigenvalue weighted by atomic mass is 16.5. The number of amides is 1. The van der Waals surface area contributed by atoms with Crippen molar-refractivity contribution in [1.82, 2.24) is 14.9 Å². The molecule has 0 spiro atoms. The number of benzene rings is 1. The van der Waals surface area contributed by atoms with Gasteiger partial charge in [0, 0.05) is 50.6 Å². The zero-order chi connectivity index (χ0) is 21.8. The minimum Gasteiger partial charge on any atom is -0.390 e. The van der Waals surface area contributed by atoms with E-state index < -0.39 is 29.7 Å². The molecule has 2 heterocycles. The van der Waals surface area contributed by atoms with E-state index in [0.29, 0.717) is 12.1 Å². The highest BCUT2D eigenvalue weighted by Gasteiger charge is 2.34. The van der Waals surface area contributed by atoms with Crippen LogP contribution in [0, 0.1) is 6.92 Å². The number of aliphatic hydroxyl groups is 1. The molecule has 160 valence electrons. The molecule has 0 radical (unpaired) electrons. The molecule has 1 aliphatic heterocycles. The monoisotopic (exact) mass is 414 g/mol. The number of aromatic amines is 1. The summed E-state index contributed by atoms with van der Waals surface area (Å²) in [6, 6.07) is 7.83. The molecular formula is C21H26N4O5. The molecule has 1 aromatic heterocycles. The van der Waals surface area contributed by atoms with Crippen LogP contribution in [0.5, 0.6) is 0 Å². The average Bonchev–Trinajstić information content (AvgIpc) is 3.08. The minimum absolute atomic E-state index is 0.167. The van der Waals surface area contributed by atoms with Crippen LogP contribution in [0.2, 0.25) is 0 Å². The molecule has 9 nitrogen and oxygen atoms in total. The smallest absolute Gasteiger partial charge is 0.330 e. The van der Waals surface area contributed by atoms with E-state index in [1.807, 2.05) is 43.3 Å². The van der Waals surface area contributed by atoms with E-state index in [2.05, 4.69) is 10.3 Å². The number of H-pyrrole nitrogens is 1. The molecule has 1 aliphatic rings. The zero-order valence-corrected chi connectivity index (χ0v) is 17.2. The maximum Gasteiger partial charge on any atom is 0.330 e. The van der Waals surface area contributed by atoms with Gasteiger partial charge in [-0.05, 0) is 30.7 Å². The molecule has 0 aliphatic carbocycles. The predicted octanol–water partition coefficient (Wildman–Crippen LogP) is 0.432. The van der Waals surface area contributed by atoms with Crippen LogP contribution in [0.3, 0.4) is 0 Å². The van der Waals surface area contributed by atoms with E-state index in [-0.39, 0.29) is 12.3 Å². The first-order valence-electron chi connectivity index (χ1n) is 9.62. The first kappa shape index (κ1) is 21.5. The van der Waals surface area contributed by atoms with E-state index in [4.69, 9.17) is 4.74 Å². The minimum atomic E-state index is -0.878. The molecule has 3 N–H and O–H groups in total. The van der Waals surface area contributed by atoms with E-state index >= 15 is 0 Å². The highest BCUT2D eigenvalue weighted by Crippen LogP contribution is 2.28. The van der Waals surface area contributed by atoms with Gasteiger partial charge in [0.05, 0.1) is 6.10 Å². The van der Waals surface area contributed by atoms with Crippen molar-refractivity contribution in [3.63, 3.8) is 0 Å². The molecule has 0 saturated carbocycles. The molecule has 3 atom stereocenters. The van der Waals surface area contributed by atoms with Crippen LogP contribution in [0.15, 0.2) is 52.2 Å². The first-order valence-corrected chi connectivity index (χ1v) is 9.62. The molecule has 30 heavy (non-hydrogen) atoms. The lowest BCUT2D eigenvalue weighted by molar-refractivity contribution is -0.116. The topological polar surface area (TPSA) is 117 Å². The summed E-state index contributed by atoms with van der Waals surface area (Å²) in [5, 5.41) is 13.0. The van der Waals surface area contributed by atoms with Crippen molar-refractivity contribution in [2.75, 3.05) is 19.0 Å². The number of carbonyl (C=O) groups excluding carboxylic acids is 1. The molecule has 1 amide bonds. The molecule has 1 aromatic carbocycles. The van der Waals surface area contributed by atoms with Gasteiger partial charge in [-0.15, -0.1) is 0 Å². The van der Waals surface area contributed by atoms with Gasteiger partial charge in [0.15, 0.2) is 0 Å². The molecule has 0 bridgehead atoms. The number of anilines is 1. The fourth-order valence-corrected chi connectivity index (χ4v) is 3.16. The van der Waals surface area contributed by atoms with Crippen molar-refractivity contribution in [1.29, 1.82) is 0 Å². The number of ether oxygens (including phenoxy) is 1. The molecule has 3 rings (SSSR count). The third kappa shape index (κ3) is 5.05. The summed E-state index contributed by atoms with van der Waals surface area (Å²) in [4.78, 5) is 39.8. The summed E-state index contributed by atoms with van der Waals surface area (Å²) in [5.74, 6) is -0.317. The Balaban J connectivity index is 1.56. The molecule has 9 heteroatoms. The summed E-state index contributed by atoms with van der Waals surface area (Å²) in [6.07, 6.45) is 2.01. The van der Waals surface area contributed by atoms with Crippen molar-refractivity contribution in [2.24, 2.45) is 0 Å². The summed E-state index contributed by atoms with van der Waals surface area (Å²) in [5.41, 5.74) is 1.34. The lowest BCUT2D eigenvalue weighted by atomic mass is 10.1. The number of hydrogen-bond donors (Lipinski definition) is 3. The van der Waals surface area contributed by atoms with Gasteiger partial charge in [-0.3, -0.25) is 19.1 Å². The van der Waals surface area contributed by atoms with Gasteiger partial charge in [0.2, 0.25) is 5.91 Å². The lowest BCUT2D eigenvalue weighted by Gasteiger charge is -2.14. The van der Waals surface area contributed by atoms with E-state index in [0.717, 1.165) is 11.3 Å². The molecule has 2 aromatic rings. The van der Waals surface area contributed by atoms with E-state index in [1.54, 1.807) is 6.92 Å². The molecule has 1 fully saturated rings. The number of rotatable bonds is 6. The number of aromatic nitrogens is 2. The van der Waals surface area contributed by atoms with Crippen LogP contribution in [0.1, 0.15) is 23.8 Å². The van der Waals surface area contributed by atoms with Crippen LogP contribution in [0.25, 0.3) is 0 Å². The zero-order valence-electron chi connectivity index (χ0n) is 17.2. The lowest BCUT2D eigenvalue weighted by Crippen LogP contribution is -2.33. The Morgan fingerprint density at radius 3 is 2.70 bits per heavy atom. The average molecular weight is 414 g/mol. The van der Waals surface area contributed by atoms with Crippen molar-refractivity contribution < 1.29 is 14.6 Å². The Hall–Kier alpha value is -3.17.